The maximum absolute atomic E-state index is 12.8. The van der Waals surface area contributed by atoms with Crippen LogP contribution >= 0.6 is 11.3 Å². The minimum atomic E-state index is -3.59. The number of hydrogen-bond donors (Lipinski definition) is 0. The van der Waals surface area contributed by atoms with Crippen LogP contribution in [0.1, 0.15) is 28.4 Å². The van der Waals surface area contributed by atoms with Crippen LogP contribution in [-0.4, -0.2) is 49.5 Å². The van der Waals surface area contributed by atoms with Crippen LogP contribution in [-0.2, 0) is 21.3 Å². The first-order valence-corrected chi connectivity index (χ1v) is 12.4. The number of benzene rings is 2. The van der Waals surface area contributed by atoms with Gasteiger partial charge in [-0.3, -0.25) is 4.79 Å². The lowest BCUT2D eigenvalue weighted by atomic mass is 10.1. The van der Waals surface area contributed by atoms with Crippen LogP contribution in [0.15, 0.2) is 46.3 Å². The Morgan fingerprint density at radius 1 is 1.10 bits per heavy atom. The molecule has 0 N–H and O–H groups in total. The first-order chi connectivity index (χ1) is 14.8. The summed E-state index contributed by atoms with van der Waals surface area (Å²) in [6.07, 6.45) is 0. The number of sulfonamides is 1. The summed E-state index contributed by atoms with van der Waals surface area (Å²) in [6.45, 7) is 8.31. The van der Waals surface area contributed by atoms with E-state index in [1.807, 2.05) is 11.5 Å². The monoisotopic (exact) mass is 459 g/mol. The lowest BCUT2D eigenvalue weighted by Gasteiger charge is -2.26. The van der Waals surface area contributed by atoms with Gasteiger partial charge in [-0.1, -0.05) is 11.3 Å². The van der Waals surface area contributed by atoms with E-state index in [0.29, 0.717) is 43.2 Å². The summed E-state index contributed by atoms with van der Waals surface area (Å²) in [7, 11) is -3.59. The third-order valence-corrected chi connectivity index (χ3v) is 8.47. The van der Waals surface area contributed by atoms with Gasteiger partial charge in [-0.05, 0) is 68.3 Å². The van der Waals surface area contributed by atoms with Gasteiger partial charge < -0.3 is 9.30 Å². The Kier molecular flexibility index (Phi) is 6.11. The number of nitrogens with zero attached hydrogens (tertiary/aromatic N) is 3. The van der Waals surface area contributed by atoms with Crippen molar-refractivity contribution in [2.45, 2.75) is 32.2 Å². The fourth-order valence-electron chi connectivity index (χ4n) is 3.57. The fourth-order valence-corrected chi connectivity index (χ4v) is 6.15. The summed E-state index contributed by atoms with van der Waals surface area (Å²) in [6, 6.07) is 10.2. The van der Waals surface area contributed by atoms with Crippen molar-refractivity contribution < 1.29 is 17.9 Å². The lowest BCUT2D eigenvalue weighted by Crippen LogP contribution is -2.40. The Morgan fingerprint density at radius 3 is 2.39 bits per heavy atom. The number of aryl methyl sites for hydroxylation is 3. The average Bonchev–Trinajstić information content (AvgIpc) is 3.10. The molecule has 1 saturated heterocycles. The summed E-state index contributed by atoms with van der Waals surface area (Å²) >= 11 is 1.48. The van der Waals surface area contributed by atoms with Crippen molar-refractivity contribution in [3.8, 4) is 0 Å². The minimum absolute atomic E-state index is 0.169. The molecule has 31 heavy (non-hydrogen) atoms. The van der Waals surface area contributed by atoms with Crippen molar-refractivity contribution in [3.63, 3.8) is 0 Å². The van der Waals surface area contributed by atoms with Crippen molar-refractivity contribution >= 4 is 37.5 Å². The van der Waals surface area contributed by atoms with Gasteiger partial charge >= 0.3 is 0 Å². The molecule has 164 valence electrons. The zero-order chi connectivity index (χ0) is 22.2. The van der Waals surface area contributed by atoms with Crippen molar-refractivity contribution in [2.24, 2.45) is 4.99 Å². The van der Waals surface area contributed by atoms with E-state index in [-0.39, 0.29) is 4.90 Å². The van der Waals surface area contributed by atoms with Gasteiger partial charge in [0.1, 0.15) is 0 Å². The molecule has 3 aromatic rings. The number of carbonyl (C=O) groups is 1. The van der Waals surface area contributed by atoms with E-state index in [2.05, 4.69) is 31.0 Å². The van der Waals surface area contributed by atoms with Crippen molar-refractivity contribution in [3.05, 3.63) is 57.9 Å². The molecule has 1 amide bonds. The van der Waals surface area contributed by atoms with Gasteiger partial charge in [0.2, 0.25) is 10.0 Å². The third-order valence-electron chi connectivity index (χ3n) is 5.52. The molecule has 2 aromatic carbocycles. The molecule has 4 rings (SSSR count). The van der Waals surface area contributed by atoms with Crippen molar-refractivity contribution in [1.29, 1.82) is 0 Å². The molecule has 0 atom stereocenters. The number of morpholine rings is 1. The van der Waals surface area contributed by atoms with E-state index in [0.717, 1.165) is 10.2 Å². The molecule has 0 aliphatic carbocycles. The highest BCUT2D eigenvalue weighted by Gasteiger charge is 2.26. The maximum Gasteiger partial charge on any atom is 0.279 e. The number of amides is 1. The topological polar surface area (TPSA) is 81.0 Å². The summed E-state index contributed by atoms with van der Waals surface area (Å²) in [5, 5.41) is 0. The molecule has 1 fully saturated rings. The second-order valence-electron chi connectivity index (χ2n) is 7.49. The van der Waals surface area contributed by atoms with E-state index in [1.165, 1.54) is 51.0 Å². The Balaban J connectivity index is 1.65. The molecule has 0 radical (unpaired) electrons. The Hall–Kier alpha value is -2.33. The molecule has 1 aromatic heterocycles. The molecule has 9 heteroatoms. The number of rotatable bonds is 4. The van der Waals surface area contributed by atoms with Gasteiger partial charge in [0.15, 0.2) is 4.80 Å². The first kappa shape index (κ1) is 21.9. The van der Waals surface area contributed by atoms with Gasteiger partial charge in [0.05, 0.1) is 28.3 Å². The number of ether oxygens (including phenoxy) is 1. The normalized spacial score (nSPS) is 16.2. The molecule has 7 nitrogen and oxygen atoms in total. The largest absolute Gasteiger partial charge is 0.379 e. The number of hydrogen-bond acceptors (Lipinski definition) is 5. The number of thiazole rings is 1. The standard InChI is InChI=1S/C22H25N3O4S2/c1-4-25-19-13-15(2)16(3)14-20(19)30-22(25)23-21(26)17-5-7-18(8-6-17)31(27,28)24-9-11-29-12-10-24/h5-8,13-14H,4,9-12H2,1-3H3. The van der Waals surface area contributed by atoms with Crippen LogP contribution in [0.3, 0.4) is 0 Å². The van der Waals surface area contributed by atoms with Gasteiger partial charge in [-0.15, -0.1) is 0 Å². The number of aromatic nitrogens is 1. The molecule has 0 saturated carbocycles. The van der Waals surface area contributed by atoms with Crippen LogP contribution in [0.25, 0.3) is 10.2 Å². The molecule has 0 bridgehead atoms. The summed E-state index contributed by atoms with van der Waals surface area (Å²) in [5.41, 5.74) is 3.82. The van der Waals surface area contributed by atoms with Crippen LogP contribution < -0.4 is 4.80 Å². The fraction of sp³-hybridized carbons (Fsp3) is 0.364. The SMILES string of the molecule is CCn1c(=NC(=O)c2ccc(S(=O)(=O)N3CCOCC3)cc2)sc2cc(C)c(C)cc21. The van der Waals surface area contributed by atoms with Crippen molar-refractivity contribution in [1.82, 2.24) is 8.87 Å². The second kappa shape index (κ2) is 8.66. The van der Waals surface area contributed by atoms with Crippen LogP contribution in [0.5, 0.6) is 0 Å². The number of carbonyl (C=O) groups excluding carboxylic acids is 1. The highest BCUT2D eigenvalue weighted by atomic mass is 32.2. The maximum atomic E-state index is 12.8. The molecule has 1 aliphatic rings. The van der Waals surface area contributed by atoms with Gasteiger partial charge in [-0.2, -0.15) is 9.30 Å². The highest BCUT2D eigenvalue weighted by molar-refractivity contribution is 7.89. The minimum Gasteiger partial charge on any atom is -0.379 e. The summed E-state index contributed by atoms with van der Waals surface area (Å²) in [4.78, 5) is 18.0. The summed E-state index contributed by atoms with van der Waals surface area (Å²) < 4.78 is 35.3. The molecular formula is C22H25N3O4S2. The lowest BCUT2D eigenvalue weighted by molar-refractivity contribution is 0.0730. The molecule has 2 heterocycles. The number of fused-ring (bicyclic) bond motifs is 1. The average molecular weight is 460 g/mol. The quantitative estimate of drug-likeness (QED) is 0.600. The molecule has 0 spiro atoms. The first-order valence-electron chi connectivity index (χ1n) is 10.2. The van der Waals surface area contributed by atoms with Gasteiger partial charge in [-0.25, -0.2) is 8.42 Å². The van der Waals surface area contributed by atoms with Crippen LogP contribution in [0, 0.1) is 13.8 Å². The Bertz CT molecular complexity index is 1300. The van der Waals surface area contributed by atoms with Gasteiger partial charge in [0, 0.05) is 25.2 Å². The molecule has 1 aliphatic heterocycles. The Labute approximate surface area is 185 Å². The van der Waals surface area contributed by atoms with Crippen LogP contribution in [0.2, 0.25) is 0 Å². The van der Waals surface area contributed by atoms with E-state index in [1.54, 1.807) is 0 Å². The highest BCUT2D eigenvalue weighted by Crippen LogP contribution is 2.22. The summed E-state index contributed by atoms with van der Waals surface area (Å²) in [5.74, 6) is -0.391. The van der Waals surface area contributed by atoms with E-state index in [9.17, 15) is 13.2 Å². The van der Waals surface area contributed by atoms with Gasteiger partial charge in [0.25, 0.3) is 5.91 Å². The Morgan fingerprint density at radius 2 is 1.74 bits per heavy atom. The third kappa shape index (κ3) is 4.23. The smallest absolute Gasteiger partial charge is 0.279 e. The van der Waals surface area contributed by atoms with E-state index in [4.69, 9.17) is 4.74 Å². The predicted molar refractivity (Wildman–Crippen MR) is 121 cm³/mol. The van der Waals surface area contributed by atoms with Crippen LogP contribution in [0.4, 0.5) is 0 Å². The van der Waals surface area contributed by atoms with E-state index < -0.39 is 15.9 Å². The van der Waals surface area contributed by atoms with E-state index >= 15 is 0 Å². The zero-order valence-corrected chi connectivity index (χ0v) is 19.4. The predicted octanol–water partition coefficient (Wildman–Crippen LogP) is 3.10. The van der Waals surface area contributed by atoms with Crippen molar-refractivity contribution in [2.75, 3.05) is 26.3 Å². The molecule has 0 unspecified atom stereocenters. The second-order valence-corrected chi connectivity index (χ2v) is 10.4. The zero-order valence-electron chi connectivity index (χ0n) is 17.8. The molecular weight excluding hydrogens is 434 g/mol.